The summed E-state index contributed by atoms with van der Waals surface area (Å²) < 4.78 is 4.92. The summed E-state index contributed by atoms with van der Waals surface area (Å²) in [5.74, 6) is -0.735. The van der Waals surface area contributed by atoms with Crippen molar-refractivity contribution in [2.24, 2.45) is 0 Å². The highest BCUT2D eigenvalue weighted by atomic mass is 16.5. The average Bonchev–Trinajstić information content (AvgIpc) is 2.30. The van der Waals surface area contributed by atoms with Crippen molar-refractivity contribution in [3.63, 3.8) is 0 Å². The first-order valence-corrected chi connectivity index (χ1v) is 4.56. The van der Waals surface area contributed by atoms with Gasteiger partial charge >= 0.3 is 0 Å². The summed E-state index contributed by atoms with van der Waals surface area (Å²) in [6.07, 6.45) is 0. The van der Waals surface area contributed by atoms with E-state index in [1.54, 1.807) is 12.1 Å². The van der Waals surface area contributed by atoms with Crippen LogP contribution >= 0.6 is 0 Å². The number of nitrogens with one attached hydrogen (secondary N) is 1. The Morgan fingerprint density at radius 2 is 2.00 bits per heavy atom. The Morgan fingerprint density at radius 3 is 2.41 bits per heavy atom. The van der Waals surface area contributed by atoms with Gasteiger partial charge in [-0.15, -0.1) is 0 Å². The van der Waals surface area contributed by atoms with E-state index in [0.29, 0.717) is 0 Å². The van der Waals surface area contributed by atoms with Gasteiger partial charge in [-0.2, -0.15) is 10.5 Å². The van der Waals surface area contributed by atoms with Crippen LogP contribution in [-0.2, 0) is 4.79 Å². The number of amides is 1. The number of methoxy groups -OCH3 is 1. The number of aromatic hydroxyl groups is 1. The Bertz CT molecular complexity index is 553. The highest BCUT2D eigenvalue weighted by Gasteiger charge is 2.18. The standard InChI is InChI=1S/C11H9N3O3/c1-6(15)14-9-3-10(17-2)7(4-12)8(5-13)11(9)16/h3,16H,1-2H3,(H,14,15). The zero-order chi connectivity index (χ0) is 13.0. The fourth-order valence-electron chi connectivity index (χ4n) is 1.31. The minimum absolute atomic E-state index is 0.0323. The summed E-state index contributed by atoms with van der Waals surface area (Å²) in [5, 5.41) is 29.8. The summed E-state index contributed by atoms with van der Waals surface area (Å²) in [6, 6.07) is 4.75. The quantitative estimate of drug-likeness (QED) is 0.741. The van der Waals surface area contributed by atoms with E-state index in [0.717, 1.165) is 0 Å². The van der Waals surface area contributed by atoms with Gasteiger partial charge < -0.3 is 15.2 Å². The van der Waals surface area contributed by atoms with Gasteiger partial charge in [-0.3, -0.25) is 4.79 Å². The summed E-state index contributed by atoms with van der Waals surface area (Å²) in [4.78, 5) is 10.9. The Kier molecular flexibility index (Phi) is 3.53. The molecule has 1 rings (SSSR count). The molecule has 0 heterocycles. The monoisotopic (exact) mass is 231 g/mol. The Morgan fingerprint density at radius 1 is 1.41 bits per heavy atom. The second-order valence-electron chi connectivity index (χ2n) is 3.13. The molecule has 0 radical (unpaired) electrons. The molecule has 17 heavy (non-hydrogen) atoms. The lowest BCUT2D eigenvalue weighted by molar-refractivity contribution is -0.114. The number of rotatable bonds is 2. The van der Waals surface area contributed by atoms with E-state index in [1.165, 1.54) is 20.1 Å². The normalized spacial score (nSPS) is 8.94. The molecule has 0 spiro atoms. The van der Waals surface area contributed by atoms with Crippen molar-refractivity contribution in [2.45, 2.75) is 6.92 Å². The van der Waals surface area contributed by atoms with Crippen LogP contribution in [0.25, 0.3) is 0 Å². The van der Waals surface area contributed by atoms with Crippen molar-refractivity contribution in [1.29, 1.82) is 10.5 Å². The Hall–Kier alpha value is -2.73. The number of benzene rings is 1. The first-order valence-electron chi connectivity index (χ1n) is 4.56. The zero-order valence-electron chi connectivity index (χ0n) is 9.24. The molecule has 0 atom stereocenters. The highest BCUT2D eigenvalue weighted by Crippen LogP contribution is 2.36. The van der Waals surface area contributed by atoms with Crippen molar-refractivity contribution in [2.75, 3.05) is 12.4 Å². The molecule has 0 bridgehead atoms. The van der Waals surface area contributed by atoms with Crippen LogP contribution in [0.1, 0.15) is 18.1 Å². The maximum Gasteiger partial charge on any atom is 0.221 e. The molecule has 0 saturated carbocycles. The van der Waals surface area contributed by atoms with Crippen LogP contribution < -0.4 is 10.1 Å². The Balaban J connectivity index is 3.53. The van der Waals surface area contributed by atoms with E-state index in [4.69, 9.17) is 15.3 Å². The molecule has 0 fully saturated rings. The zero-order valence-corrected chi connectivity index (χ0v) is 9.24. The van der Waals surface area contributed by atoms with E-state index in [9.17, 15) is 9.90 Å². The number of nitriles is 2. The number of carbonyl (C=O) groups excluding carboxylic acids is 1. The fourth-order valence-corrected chi connectivity index (χ4v) is 1.31. The van der Waals surface area contributed by atoms with Gasteiger partial charge in [0.1, 0.15) is 29.0 Å². The van der Waals surface area contributed by atoms with Gasteiger partial charge in [0.15, 0.2) is 5.75 Å². The van der Waals surface area contributed by atoms with E-state index >= 15 is 0 Å². The summed E-state index contributed by atoms with van der Waals surface area (Å²) >= 11 is 0. The predicted molar refractivity (Wildman–Crippen MR) is 58.4 cm³/mol. The largest absolute Gasteiger partial charge is 0.504 e. The number of phenols is 1. The number of phenolic OH excluding ortho intramolecular Hbond substituents is 1. The topological polar surface area (TPSA) is 106 Å². The van der Waals surface area contributed by atoms with E-state index in [-0.39, 0.29) is 22.6 Å². The van der Waals surface area contributed by atoms with Gasteiger partial charge in [0, 0.05) is 13.0 Å². The van der Waals surface area contributed by atoms with Crippen LogP contribution in [0.15, 0.2) is 6.07 Å². The Labute approximate surface area is 97.7 Å². The van der Waals surface area contributed by atoms with E-state index < -0.39 is 11.7 Å². The number of carbonyl (C=O) groups is 1. The van der Waals surface area contributed by atoms with Crippen molar-refractivity contribution >= 4 is 11.6 Å². The first kappa shape index (κ1) is 12.3. The van der Waals surface area contributed by atoms with Crippen LogP contribution in [0, 0.1) is 22.7 Å². The minimum Gasteiger partial charge on any atom is -0.504 e. The van der Waals surface area contributed by atoms with Crippen LogP contribution in [0.4, 0.5) is 5.69 Å². The molecule has 0 aliphatic carbocycles. The molecule has 6 heteroatoms. The fraction of sp³-hybridized carbons (Fsp3) is 0.182. The van der Waals surface area contributed by atoms with Gasteiger partial charge in [-0.25, -0.2) is 0 Å². The lowest BCUT2D eigenvalue weighted by Crippen LogP contribution is -2.07. The number of nitrogens with zero attached hydrogens (tertiary/aromatic N) is 2. The summed E-state index contributed by atoms with van der Waals surface area (Å²) in [7, 11) is 1.33. The molecule has 1 aromatic carbocycles. The molecule has 0 aliphatic heterocycles. The van der Waals surface area contributed by atoms with Gasteiger partial charge in [-0.1, -0.05) is 0 Å². The molecule has 6 nitrogen and oxygen atoms in total. The van der Waals surface area contributed by atoms with Crippen LogP contribution in [-0.4, -0.2) is 18.1 Å². The molecule has 0 aliphatic rings. The maximum atomic E-state index is 10.9. The van der Waals surface area contributed by atoms with Crippen molar-refractivity contribution < 1.29 is 14.6 Å². The van der Waals surface area contributed by atoms with E-state index in [1.807, 2.05) is 0 Å². The lowest BCUT2D eigenvalue weighted by Gasteiger charge is -2.11. The molecule has 0 aromatic heterocycles. The molecule has 2 N–H and O–H groups in total. The number of ether oxygens (including phenoxy) is 1. The molecule has 1 amide bonds. The van der Waals surface area contributed by atoms with Crippen LogP contribution in [0.2, 0.25) is 0 Å². The van der Waals surface area contributed by atoms with Gasteiger partial charge in [0.25, 0.3) is 0 Å². The van der Waals surface area contributed by atoms with Crippen LogP contribution in [0.3, 0.4) is 0 Å². The smallest absolute Gasteiger partial charge is 0.221 e. The molecule has 86 valence electrons. The average molecular weight is 231 g/mol. The molecular weight excluding hydrogens is 222 g/mol. The summed E-state index contributed by atoms with van der Waals surface area (Å²) in [6.45, 7) is 1.26. The second kappa shape index (κ2) is 4.86. The molecule has 0 saturated heterocycles. The third-order valence-corrected chi connectivity index (χ3v) is 2.02. The van der Waals surface area contributed by atoms with Crippen molar-refractivity contribution in [1.82, 2.24) is 0 Å². The van der Waals surface area contributed by atoms with Gasteiger partial charge in [0.05, 0.1) is 12.8 Å². The first-order chi connectivity index (χ1) is 8.04. The SMILES string of the molecule is COc1cc(NC(C)=O)c(O)c(C#N)c1C#N. The molecule has 1 aromatic rings. The van der Waals surface area contributed by atoms with Gasteiger partial charge in [-0.05, 0) is 0 Å². The predicted octanol–water partition coefficient (Wildman–Crippen LogP) is 1.10. The van der Waals surface area contributed by atoms with Crippen molar-refractivity contribution in [3.05, 3.63) is 17.2 Å². The lowest BCUT2D eigenvalue weighted by atomic mass is 10.1. The maximum absolute atomic E-state index is 10.9. The number of anilines is 1. The third-order valence-electron chi connectivity index (χ3n) is 2.02. The number of hydrogen-bond acceptors (Lipinski definition) is 5. The second-order valence-corrected chi connectivity index (χ2v) is 3.13. The highest BCUT2D eigenvalue weighted by molar-refractivity contribution is 5.92. The van der Waals surface area contributed by atoms with Crippen molar-refractivity contribution in [3.8, 4) is 23.6 Å². The van der Waals surface area contributed by atoms with E-state index in [2.05, 4.69) is 5.32 Å². The van der Waals surface area contributed by atoms with Gasteiger partial charge in [0.2, 0.25) is 5.91 Å². The molecule has 0 unspecified atom stereocenters. The number of hydrogen-bond donors (Lipinski definition) is 2. The third kappa shape index (κ3) is 2.27. The molecular formula is C11H9N3O3. The summed E-state index contributed by atoms with van der Waals surface area (Å²) in [5.41, 5.74) is -0.262. The van der Waals surface area contributed by atoms with Crippen LogP contribution in [0.5, 0.6) is 11.5 Å². The minimum atomic E-state index is -0.444.